The second-order valence-corrected chi connectivity index (χ2v) is 17.8. The Morgan fingerprint density at radius 2 is 1.36 bits per heavy atom. The Hall–Kier alpha value is -5.19. The van der Waals surface area contributed by atoms with Gasteiger partial charge in [0.05, 0.1) is 88.0 Å². The van der Waals surface area contributed by atoms with Crippen LogP contribution in [0.15, 0.2) is 24.3 Å². The first-order valence-electron chi connectivity index (χ1n) is 23.8. The lowest BCUT2D eigenvalue weighted by Gasteiger charge is -2.17. The van der Waals surface area contributed by atoms with E-state index in [4.69, 9.17) is 41.1 Å². The Kier molecular flexibility index (Phi) is 28.1. The maximum atomic E-state index is 13.1. The van der Waals surface area contributed by atoms with Crippen molar-refractivity contribution >= 4 is 86.2 Å². The number of Topliss-reactive ketones (excluding diaryl/α,β-unsaturated/α-hetero) is 5. The fourth-order valence-electron chi connectivity index (χ4n) is 7.25. The molecule has 20 nitrogen and oxygen atoms in total. The van der Waals surface area contributed by atoms with Gasteiger partial charge in [-0.1, -0.05) is 31.5 Å². The van der Waals surface area contributed by atoms with Gasteiger partial charge >= 0.3 is 5.97 Å². The zero-order valence-electron chi connectivity index (χ0n) is 39.9. The molecule has 0 aliphatic carbocycles. The summed E-state index contributed by atoms with van der Waals surface area (Å²) in [6.45, 7) is 4.81. The number of fused-ring (bicyclic) bond motifs is 3. The first-order chi connectivity index (χ1) is 33.2. The SMILES string of the molecule is CCc1nc2c(N)nc3ccccc3c2n1CCCCCC(=O)CCCC(=O)C(CC(=O)O)SCC(CC(=O)CCOCCOCCOCCOCCCC(=O)CNC(=O)CCC(=O)CN)C(N)=O. The molecule has 0 saturated carbocycles. The molecule has 3 aromatic rings. The highest BCUT2D eigenvalue weighted by Gasteiger charge is 2.27. The van der Waals surface area contributed by atoms with Crippen LogP contribution in [0.3, 0.4) is 0 Å². The van der Waals surface area contributed by atoms with E-state index in [0.29, 0.717) is 63.6 Å². The molecular formula is C48H71N7O13S. The number of pyridine rings is 1. The van der Waals surface area contributed by atoms with Crippen LogP contribution in [0.1, 0.15) is 103 Å². The van der Waals surface area contributed by atoms with E-state index >= 15 is 0 Å². The van der Waals surface area contributed by atoms with Gasteiger partial charge < -0.3 is 51.1 Å². The molecule has 0 saturated heterocycles. The number of nitrogens with zero attached hydrogens (tertiary/aromatic N) is 3. The van der Waals surface area contributed by atoms with Gasteiger partial charge in [-0.2, -0.15) is 0 Å². The molecule has 0 spiro atoms. The number of unbranched alkanes of at least 4 members (excludes halogenated alkanes) is 2. The number of ether oxygens (including phenoxy) is 4. The van der Waals surface area contributed by atoms with Crippen LogP contribution in [0.2, 0.25) is 0 Å². The monoisotopic (exact) mass is 985 g/mol. The second kappa shape index (κ2) is 33.4. The number of rotatable bonds is 42. The largest absolute Gasteiger partial charge is 0.481 e. The van der Waals surface area contributed by atoms with E-state index in [1.807, 2.05) is 31.2 Å². The highest BCUT2D eigenvalue weighted by atomic mass is 32.2. The third-order valence-corrected chi connectivity index (χ3v) is 12.5. The molecule has 3 rings (SSSR count). The molecule has 1 aromatic carbocycles. The molecule has 2 heterocycles. The molecule has 0 aliphatic heterocycles. The third kappa shape index (κ3) is 22.9. The molecular weight excluding hydrogens is 915 g/mol. The number of anilines is 1. The van der Waals surface area contributed by atoms with Gasteiger partial charge in [-0.25, -0.2) is 9.97 Å². The number of carbonyl (C=O) groups is 8. The van der Waals surface area contributed by atoms with Crippen molar-refractivity contribution < 1.29 is 62.4 Å². The van der Waals surface area contributed by atoms with Crippen molar-refractivity contribution in [2.75, 3.05) is 77.4 Å². The summed E-state index contributed by atoms with van der Waals surface area (Å²) in [4.78, 5) is 106. The van der Waals surface area contributed by atoms with Crippen molar-refractivity contribution in [2.24, 2.45) is 17.4 Å². The highest BCUT2D eigenvalue weighted by molar-refractivity contribution is 8.00. The number of nitrogen functional groups attached to an aromatic ring is 1. The number of primary amides is 1. The van der Waals surface area contributed by atoms with E-state index < -0.39 is 29.5 Å². The maximum absolute atomic E-state index is 13.1. The molecule has 8 N–H and O–H groups in total. The number of imidazole rings is 1. The van der Waals surface area contributed by atoms with Crippen LogP contribution >= 0.6 is 11.8 Å². The van der Waals surface area contributed by atoms with Crippen molar-refractivity contribution in [1.29, 1.82) is 0 Å². The van der Waals surface area contributed by atoms with Crippen LogP contribution < -0.4 is 22.5 Å². The lowest BCUT2D eigenvalue weighted by Crippen LogP contribution is -2.30. The molecule has 382 valence electrons. The number of aliphatic carboxylic acids is 1. The quantitative estimate of drug-likeness (QED) is 0.0508. The van der Waals surface area contributed by atoms with Gasteiger partial charge in [-0.15, -0.1) is 11.8 Å². The van der Waals surface area contributed by atoms with Gasteiger partial charge in [0.25, 0.3) is 0 Å². The molecule has 0 aliphatic rings. The van der Waals surface area contributed by atoms with Crippen LogP contribution in [0.5, 0.6) is 0 Å². The molecule has 21 heteroatoms. The number of ketones is 5. The number of nitrogens with one attached hydrogen (secondary N) is 1. The van der Waals surface area contributed by atoms with Gasteiger partial charge in [-0.05, 0) is 31.7 Å². The minimum Gasteiger partial charge on any atom is -0.481 e. The van der Waals surface area contributed by atoms with Crippen molar-refractivity contribution in [2.45, 2.75) is 115 Å². The molecule has 2 aromatic heterocycles. The summed E-state index contributed by atoms with van der Waals surface area (Å²) in [5, 5.41) is 12.0. The Labute approximate surface area is 407 Å². The molecule has 2 atom stereocenters. The van der Waals surface area contributed by atoms with Crippen molar-refractivity contribution in [3.63, 3.8) is 0 Å². The topological polar surface area (TPSA) is 315 Å². The number of hydrogen-bond donors (Lipinski definition) is 5. The zero-order chi connectivity index (χ0) is 50.4. The number of aryl methyl sites for hydroxylation is 2. The summed E-state index contributed by atoms with van der Waals surface area (Å²) >= 11 is 0.990. The number of thioether (sulfide) groups is 1. The Balaban J connectivity index is 1.21. The summed E-state index contributed by atoms with van der Waals surface area (Å²) in [5.74, 6) is -2.78. The summed E-state index contributed by atoms with van der Waals surface area (Å²) in [6.07, 6.45) is 4.14. The van der Waals surface area contributed by atoms with Crippen LogP contribution in [0, 0.1) is 5.92 Å². The molecule has 0 radical (unpaired) electrons. The van der Waals surface area contributed by atoms with Crippen LogP contribution in [-0.2, 0) is 70.3 Å². The zero-order valence-corrected chi connectivity index (χ0v) is 40.7. The summed E-state index contributed by atoms with van der Waals surface area (Å²) in [5.41, 5.74) is 19.5. The molecule has 0 bridgehead atoms. The Morgan fingerprint density at radius 1 is 0.710 bits per heavy atom. The third-order valence-electron chi connectivity index (χ3n) is 11.0. The van der Waals surface area contributed by atoms with Crippen LogP contribution in [0.25, 0.3) is 21.9 Å². The average molecular weight is 986 g/mol. The van der Waals surface area contributed by atoms with Gasteiger partial charge in [0.15, 0.2) is 11.6 Å². The number of carboxylic acids is 1. The lowest BCUT2D eigenvalue weighted by molar-refractivity contribution is -0.138. The fraction of sp³-hybridized carbons (Fsp3) is 0.625. The van der Waals surface area contributed by atoms with E-state index in [1.165, 1.54) is 0 Å². The molecule has 69 heavy (non-hydrogen) atoms. The number of amides is 2. The van der Waals surface area contributed by atoms with E-state index in [9.17, 15) is 43.5 Å². The number of para-hydroxylation sites is 1. The van der Waals surface area contributed by atoms with E-state index in [0.717, 1.165) is 59.8 Å². The fourth-order valence-corrected chi connectivity index (χ4v) is 8.56. The smallest absolute Gasteiger partial charge is 0.304 e. The normalized spacial score (nSPS) is 12.3. The Morgan fingerprint density at radius 3 is 2.03 bits per heavy atom. The van der Waals surface area contributed by atoms with E-state index in [2.05, 4.69) is 14.9 Å². The van der Waals surface area contributed by atoms with Gasteiger partial charge in [-0.3, -0.25) is 38.4 Å². The predicted octanol–water partition coefficient (Wildman–Crippen LogP) is 3.47. The summed E-state index contributed by atoms with van der Waals surface area (Å²) in [6, 6.07) is 7.84. The van der Waals surface area contributed by atoms with Gasteiger partial charge in [0.2, 0.25) is 11.8 Å². The summed E-state index contributed by atoms with van der Waals surface area (Å²) < 4.78 is 24.0. The van der Waals surface area contributed by atoms with Gasteiger partial charge in [0, 0.05) is 82.1 Å². The number of benzene rings is 1. The standard InChI is InChI=1S/C48H71N7O13S/c1-2-42-54-45-46(38-13-5-6-14-39(38)53-47(45)50)55(42)19-7-3-4-10-34(56)11-8-15-40(60)41(29-44(62)63)69-32-33(48(51)64)28-35(57)18-21-66-23-25-68-27-26-67-24-22-65-20-9-12-37(59)31-52-43(61)17-16-36(58)30-49/h5-6,13-14,33,41H,2-4,7-12,15-32,49H2,1H3,(H2,50,53)(H2,51,64)(H,52,61)(H,62,63). The van der Waals surface area contributed by atoms with Crippen LogP contribution in [-0.4, -0.2) is 143 Å². The van der Waals surface area contributed by atoms with Crippen molar-refractivity contribution in [1.82, 2.24) is 19.9 Å². The lowest BCUT2D eigenvalue weighted by atomic mass is 10.0. The average Bonchev–Trinajstić information content (AvgIpc) is 3.71. The number of nitrogens with two attached hydrogens (primary N) is 3. The second-order valence-electron chi connectivity index (χ2n) is 16.5. The van der Waals surface area contributed by atoms with E-state index in [1.54, 1.807) is 0 Å². The maximum Gasteiger partial charge on any atom is 0.304 e. The molecule has 0 fully saturated rings. The minimum atomic E-state index is -1.18. The van der Waals surface area contributed by atoms with Crippen molar-refractivity contribution in [3.05, 3.63) is 30.1 Å². The Bertz CT molecular complexity index is 2150. The first-order valence-corrected chi connectivity index (χ1v) is 24.8. The number of carbonyl (C=O) groups excluding carboxylic acids is 7. The van der Waals surface area contributed by atoms with Crippen molar-refractivity contribution in [3.8, 4) is 0 Å². The van der Waals surface area contributed by atoms with Gasteiger partial charge in [0.1, 0.15) is 34.5 Å². The number of aromatic nitrogens is 3. The van der Waals surface area contributed by atoms with E-state index in [-0.39, 0.29) is 125 Å². The number of carboxylic acid groups (broad SMARTS) is 1. The minimum absolute atomic E-state index is 0.00517. The first kappa shape index (κ1) is 58.1. The van der Waals surface area contributed by atoms with Crippen LogP contribution in [0.4, 0.5) is 5.82 Å². The number of hydrogen-bond acceptors (Lipinski definition) is 17. The predicted molar refractivity (Wildman–Crippen MR) is 260 cm³/mol. The molecule has 2 unspecified atom stereocenters. The highest BCUT2D eigenvalue weighted by Crippen LogP contribution is 2.29. The summed E-state index contributed by atoms with van der Waals surface area (Å²) in [7, 11) is 0. The molecule has 2 amide bonds.